The minimum atomic E-state index is -4.41. The first-order valence-corrected chi connectivity index (χ1v) is 5.14. The first-order chi connectivity index (χ1) is 7.46. The van der Waals surface area contributed by atoms with Crippen molar-refractivity contribution in [3.05, 3.63) is 28.8 Å². The van der Waals surface area contributed by atoms with E-state index in [1.165, 1.54) is 12.1 Å². The van der Waals surface area contributed by atoms with E-state index in [4.69, 9.17) is 17.3 Å². The van der Waals surface area contributed by atoms with Gasteiger partial charge in [-0.15, -0.1) is 0 Å². The van der Waals surface area contributed by atoms with E-state index in [-0.39, 0.29) is 10.7 Å². The van der Waals surface area contributed by atoms with E-state index >= 15 is 0 Å². The number of nitrogens with one attached hydrogen (secondary N) is 1. The second kappa shape index (κ2) is 5.41. The van der Waals surface area contributed by atoms with E-state index in [1.54, 1.807) is 0 Å². The number of nitrogens with two attached hydrogens (primary N) is 1. The Morgan fingerprint density at radius 1 is 1.31 bits per heavy atom. The van der Waals surface area contributed by atoms with Crippen LogP contribution >= 0.6 is 11.6 Å². The Morgan fingerprint density at radius 2 is 2.00 bits per heavy atom. The Balaban J connectivity index is 2.95. The molecule has 0 bridgehead atoms. The molecule has 0 aliphatic carbocycles. The molecule has 0 aromatic heterocycles. The normalized spacial score (nSPS) is 11.6. The minimum absolute atomic E-state index is 0.0619. The summed E-state index contributed by atoms with van der Waals surface area (Å²) in [5.74, 6) is 0. The van der Waals surface area contributed by atoms with Crippen LogP contribution in [-0.2, 0) is 6.18 Å². The van der Waals surface area contributed by atoms with Crippen molar-refractivity contribution in [2.24, 2.45) is 5.73 Å². The third-order valence-corrected chi connectivity index (χ3v) is 2.32. The molecule has 90 valence electrons. The van der Waals surface area contributed by atoms with Gasteiger partial charge in [0.15, 0.2) is 0 Å². The van der Waals surface area contributed by atoms with Crippen LogP contribution in [0.4, 0.5) is 18.9 Å². The van der Waals surface area contributed by atoms with Gasteiger partial charge in [0, 0.05) is 6.54 Å². The molecule has 16 heavy (non-hydrogen) atoms. The highest BCUT2D eigenvalue weighted by Crippen LogP contribution is 2.38. The molecule has 0 spiro atoms. The van der Waals surface area contributed by atoms with Crippen LogP contribution in [0.1, 0.15) is 12.0 Å². The molecule has 1 aromatic rings. The number of hydrogen-bond acceptors (Lipinski definition) is 2. The summed E-state index contributed by atoms with van der Waals surface area (Å²) in [6.45, 7) is 0.780. The molecular formula is C10H12ClF3N2. The number of benzene rings is 1. The summed E-state index contributed by atoms with van der Waals surface area (Å²) >= 11 is 5.72. The smallest absolute Gasteiger partial charge is 0.383 e. The number of anilines is 1. The average molecular weight is 253 g/mol. The van der Waals surface area contributed by atoms with Crippen LogP contribution in [0.3, 0.4) is 0 Å². The number of hydrogen-bond donors (Lipinski definition) is 2. The largest absolute Gasteiger partial charge is 0.418 e. The predicted octanol–water partition coefficient (Wildman–Crippen LogP) is 3.12. The fraction of sp³-hybridized carbons (Fsp3) is 0.400. The number of para-hydroxylation sites is 1. The fourth-order valence-corrected chi connectivity index (χ4v) is 1.50. The van der Waals surface area contributed by atoms with Gasteiger partial charge in [-0.1, -0.05) is 17.7 Å². The Labute approximate surface area is 96.6 Å². The van der Waals surface area contributed by atoms with Crippen molar-refractivity contribution < 1.29 is 13.2 Å². The zero-order chi connectivity index (χ0) is 12.2. The summed E-state index contributed by atoms with van der Waals surface area (Å²) in [4.78, 5) is 0. The van der Waals surface area contributed by atoms with Gasteiger partial charge in [-0.2, -0.15) is 13.2 Å². The highest BCUT2D eigenvalue weighted by atomic mass is 35.5. The SMILES string of the molecule is NCCCNc1c(Cl)cccc1C(F)(F)F. The van der Waals surface area contributed by atoms with Gasteiger partial charge in [0.2, 0.25) is 0 Å². The average Bonchev–Trinajstić information content (AvgIpc) is 2.19. The van der Waals surface area contributed by atoms with Crippen LogP contribution in [0, 0.1) is 0 Å². The summed E-state index contributed by atoms with van der Waals surface area (Å²) < 4.78 is 37.8. The van der Waals surface area contributed by atoms with Crippen LogP contribution in [-0.4, -0.2) is 13.1 Å². The summed E-state index contributed by atoms with van der Waals surface area (Å²) in [5, 5.41) is 2.72. The summed E-state index contributed by atoms with van der Waals surface area (Å²) in [6, 6.07) is 3.69. The molecule has 0 heterocycles. The number of halogens is 4. The molecule has 0 aliphatic heterocycles. The molecule has 0 unspecified atom stereocenters. The third-order valence-electron chi connectivity index (χ3n) is 2.00. The molecule has 0 aliphatic rings. The van der Waals surface area contributed by atoms with Crippen LogP contribution in [0.15, 0.2) is 18.2 Å². The zero-order valence-electron chi connectivity index (χ0n) is 8.44. The van der Waals surface area contributed by atoms with Crippen LogP contribution in [0.25, 0.3) is 0 Å². The third kappa shape index (κ3) is 3.28. The standard InChI is InChI=1S/C10H12ClF3N2/c11-8-4-1-3-7(10(12,13)14)9(8)16-6-2-5-15/h1,3-4,16H,2,5-6,15H2. The lowest BCUT2D eigenvalue weighted by Gasteiger charge is -2.15. The molecular weight excluding hydrogens is 241 g/mol. The molecule has 6 heteroatoms. The second-order valence-electron chi connectivity index (χ2n) is 3.23. The molecule has 0 atom stereocenters. The highest BCUT2D eigenvalue weighted by molar-refractivity contribution is 6.33. The second-order valence-corrected chi connectivity index (χ2v) is 3.64. The molecule has 1 aromatic carbocycles. The minimum Gasteiger partial charge on any atom is -0.383 e. The lowest BCUT2D eigenvalue weighted by Crippen LogP contribution is -2.14. The predicted molar refractivity (Wildman–Crippen MR) is 58.6 cm³/mol. The van der Waals surface area contributed by atoms with E-state index in [0.29, 0.717) is 19.5 Å². The van der Waals surface area contributed by atoms with Crippen LogP contribution in [0.5, 0.6) is 0 Å². The maximum absolute atomic E-state index is 12.6. The summed E-state index contributed by atoms with van der Waals surface area (Å²) in [6.07, 6.45) is -3.82. The van der Waals surface area contributed by atoms with Crippen molar-refractivity contribution in [3.63, 3.8) is 0 Å². The van der Waals surface area contributed by atoms with E-state index < -0.39 is 11.7 Å². The monoisotopic (exact) mass is 252 g/mol. The quantitative estimate of drug-likeness (QED) is 0.808. The fourth-order valence-electron chi connectivity index (χ4n) is 1.26. The Kier molecular flexibility index (Phi) is 4.44. The molecule has 2 nitrogen and oxygen atoms in total. The van der Waals surface area contributed by atoms with Crippen molar-refractivity contribution in [2.45, 2.75) is 12.6 Å². The first-order valence-electron chi connectivity index (χ1n) is 4.76. The number of alkyl halides is 3. The molecule has 0 saturated carbocycles. The van der Waals surface area contributed by atoms with Crippen LogP contribution in [0.2, 0.25) is 5.02 Å². The summed E-state index contributed by atoms with van der Waals surface area (Å²) in [5.41, 5.74) is 4.43. The van der Waals surface area contributed by atoms with Crippen LogP contribution < -0.4 is 11.1 Å². The van der Waals surface area contributed by atoms with Crippen molar-refractivity contribution in [1.29, 1.82) is 0 Å². The van der Waals surface area contributed by atoms with Gasteiger partial charge in [0.1, 0.15) is 0 Å². The van der Waals surface area contributed by atoms with Gasteiger partial charge >= 0.3 is 6.18 Å². The van der Waals surface area contributed by atoms with Gasteiger partial charge in [0.25, 0.3) is 0 Å². The molecule has 0 saturated heterocycles. The van der Waals surface area contributed by atoms with E-state index in [2.05, 4.69) is 5.32 Å². The topological polar surface area (TPSA) is 38.0 Å². The molecule has 3 N–H and O–H groups in total. The van der Waals surface area contributed by atoms with Gasteiger partial charge in [-0.3, -0.25) is 0 Å². The molecule has 0 radical (unpaired) electrons. The maximum atomic E-state index is 12.6. The van der Waals surface area contributed by atoms with Crippen molar-refractivity contribution >= 4 is 17.3 Å². The highest BCUT2D eigenvalue weighted by Gasteiger charge is 2.34. The molecule has 0 fully saturated rings. The van der Waals surface area contributed by atoms with Gasteiger partial charge in [-0.25, -0.2) is 0 Å². The van der Waals surface area contributed by atoms with Crippen molar-refractivity contribution in [3.8, 4) is 0 Å². The van der Waals surface area contributed by atoms with E-state index in [0.717, 1.165) is 6.07 Å². The van der Waals surface area contributed by atoms with Gasteiger partial charge < -0.3 is 11.1 Å². The Bertz CT molecular complexity index is 352. The Morgan fingerprint density at radius 3 is 2.56 bits per heavy atom. The molecule has 0 amide bonds. The zero-order valence-corrected chi connectivity index (χ0v) is 9.20. The van der Waals surface area contributed by atoms with Gasteiger partial charge in [0.05, 0.1) is 16.3 Å². The van der Waals surface area contributed by atoms with Crippen molar-refractivity contribution in [1.82, 2.24) is 0 Å². The lowest BCUT2D eigenvalue weighted by molar-refractivity contribution is -0.136. The summed E-state index contributed by atoms with van der Waals surface area (Å²) in [7, 11) is 0. The van der Waals surface area contributed by atoms with E-state index in [1.807, 2.05) is 0 Å². The number of rotatable bonds is 4. The lowest BCUT2D eigenvalue weighted by atomic mass is 10.1. The Hall–Kier alpha value is -0.940. The maximum Gasteiger partial charge on any atom is 0.418 e. The molecule has 1 rings (SSSR count). The van der Waals surface area contributed by atoms with Gasteiger partial charge in [-0.05, 0) is 25.1 Å². The first kappa shape index (κ1) is 13.1. The van der Waals surface area contributed by atoms with E-state index in [9.17, 15) is 13.2 Å². The van der Waals surface area contributed by atoms with Crippen molar-refractivity contribution in [2.75, 3.05) is 18.4 Å².